The third kappa shape index (κ3) is 5.88. The van der Waals surface area contributed by atoms with E-state index < -0.39 is 0 Å². The molecule has 0 spiro atoms. The normalized spacial score (nSPS) is 12.6. The van der Waals surface area contributed by atoms with Gasteiger partial charge in [0, 0.05) is 6.04 Å². The molecule has 0 radical (unpaired) electrons. The predicted molar refractivity (Wildman–Crippen MR) is 76.5 cm³/mol. The van der Waals surface area contributed by atoms with Gasteiger partial charge in [0.15, 0.2) is 0 Å². The van der Waals surface area contributed by atoms with Crippen LogP contribution < -0.4 is 5.32 Å². The number of nitrogens with one attached hydrogen (secondary N) is 1. The SMILES string of the molecule is CCCCCCC(Cc1ccc(C)cc1)NC. The standard InChI is InChI=1S/C16H27N/c1-4-5-6-7-8-16(17-3)13-15-11-9-14(2)10-12-15/h9-12,16-17H,4-8,13H2,1-3H3. The summed E-state index contributed by atoms with van der Waals surface area (Å²) in [6.07, 6.45) is 7.88. The van der Waals surface area contributed by atoms with E-state index in [0.29, 0.717) is 6.04 Å². The van der Waals surface area contributed by atoms with Crippen LogP contribution in [0.25, 0.3) is 0 Å². The van der Waals surface area contributed by atoms with Crippen LogP contribution in [0.1, 0.15) is 50.2 Å². The molecule has 1 rings (SSSR count). The Labute approximate surface area is 107 Å². The van der Waals surface area contributed by atoms with Gasteiger partial charge in [0.25, 0.3) is 0 Å². The molecule has 0 saturated heterocycles. The molecule has 1 unspecified atom stereocenters. The molecule has 0 aliphatic rings. The first-order valence-corrected chi connectivity index (χ1v) is 6.99. The Kier molecular flexibility index (Phi) is 6.95. The third-order valence-corrected chi connectivity index (χ3v) is 3.42. The van der Waals surface area contributed by atoms with E-state index in [0.717, 1.165) is 6.42 Å². The van der Waals surface area contributed by atoms with Crippen LogP contribution in [0.3, 0.4) is 0 Å². The fourth-order valence-corrected chi connectivity index (χ4v) is 2.17. The average Bonchev–Trinajstić information content (AvgIpc) is 2.35. The lowest BCUT2D eigenvalue weighted by Gasteiger charge is -2.16. The molecule has 1 atom stereocenters. The number of hydrogen-bond acceptors (Lipinski definition) is 1. The van der Waals surface area contributed by atoms with Gasteiger partial charge in [-0.3, -0.25) is 0 Å². The summed E-state index contributed by atoms with van der Waals surface area (Å²) in [6.45, 7) is 4.41. The molecule has 1 nitrogen and oxygen atoms in total. The Hall–Kier alpha value is -0.820. The highest BCUT2D eigenvalue weighted by Gasteiger charge is 2.06. The van der Waals surface area contributed by atoms with Gasteiger partial charge >= 0.3 is 0 Å². The van der Waals surface area contributed by atoms with E-state index in [9.17, 15) is 0 Å². The van der Waals surface area contributed by atoms with Crippen LogP contribution in [0.5, 0.6) is 0 Å². The first-order chi connectivity index (χ1) is 8.26. The van der Waals surface area contributed by atoms with E-state index in [1.54, 1.807) is 0 Å². The van der Waals surface area contributed by atoms with Crippen LogP contribution in [0.2, 0.25) is 0 Å². The summed E-state index contributed by atoms with van der Waals surface area (Å²) >= 11 is 0. The van der Waals surface area contributed by atoms with Crippen molar-refractivity contribution in [2.45, 2.75) is 58.4 Å². The summed E-state index contributed by atoms with van der Waals surface area (Å²) in [4.78, 5) is 0. The van der Waals surface area contributed by atoms with Gasteiger partial charge in [0.1, 0.15) is 0 Å². The second-order valence-electron chi connectivity index (χ2n) is 5.02. The maximum Gasteiger partial charge on any atom is 0.0104 e. The Morgan fingerprint density at radius 2 is 1.76 bits per heavy atom. The highest BCUT2D eigenvalue weighted by atomic mass is 14.9. The summed E-state index contributed by atoms with van der Waals surface area (Å²) in [7, 11) is 2.08. The second-order valence-corrected chi connectivity index (χ2v) is 5.02. The molecule has 0 aliphatic carbocycles. The van der Waals surface area contributed by atoms with E-state index in [4.69, 9.17) is 0 Å². The largest absolute Gasteiger partial charge is 0.317 e. The van der Waals surface area contributed by atoms with Gasteiger partial charge in [-0.05, 0) is 32.4 Å². The smallest absolute Gasteiger partial charge is 0.0104 e. The van der Waals surface area contributed by atoms with Crippen molar-refractivity contribution in [2.75, 3.05) is 7.05 Å². The molecule has 0 aliphatic heterocycles. The molecule has 96 valence electrons. The first-order valence-electron chi connectivity index (χ1n) is 6.99. The molecular formula is C16H27N. The van der Waals surface area contributed by atoms with Crippen molar-refractivity contribution in [3.63, 3.8) is 0 Å². The molecule has 0 fully saturated rings. The second kappa shape index (κ2) is 8.30. The lowest BCUT2D eigenvalue weighted by molar-refractivity contribution is 0.485. The van der Waals surface area contributed by atoms with Crippen LogP contribution >= 0.6 is 0 Å². The van der Waals surface area contributed by atoms with Crippen molar-refractivity contribution in [2.24, 2.45) is 0 Å². The van der Waals surface area contributed by atoms with Gasteiger partial charge in [0.05, 0.1) is 0 Å². The van der Waals surface area contributed by atoms with Gasteiger partial charge < -0.3 is 5.32 Å². The van der Waals surface area contributed by atoms with E-state index in [-0.39, 0.29) is 0 Å². The summed E-state index contributed by atoms with van der Waals surface area (Å²) < 4.78 is 0. The Morgan fingerprint density at radius 1 is 1.06 bits per heavy atom. The maximum atomic E-state index is 3.44. The number of unbranched alkanes of at least 4 members (excludes halogenated alkanes) is 3. The lowest BCUT2D eigenvalue weighted by atomic mass is 9.99. The van der Waals surface area contributed by atoms with Gasteiger partial charge in [-0.1, -0.05) is 62.4 Å². The zero-order valence-corrected chi connectivity index (χ0v) is 11.6. The van der Waals surface area contributed by atoms with Crippen molar-refractivity contribution in [1.29, 1.82) is 0 Å². The number of benzene rings is 1. The quantitative estimate of drug-likeness (QED) is 0.667. The van der Waals surface area contributed by atoms with Gasteiger partial charge in [-0.15, -0.1) is 0 Å². The molecule has 0 amide bonds. The summed E-state index contributed by atoms with van der Waals surface area (Å²) in [6, 6.07) is 9.56. The Bertz CT molecular complexity index is 289. The van der Waals surface area contributed by atoms with E-state index >= 15 is 0 Å². The molecule has 0 aromatic heterocycles. The predicted octanol–water partition coefficient (Wildman–Crippen LogP) is 4.10. The lowest BCUT2D eigenvalue weighted by Crippen LogP contribution is -2.27. The Morgan fingerprint density at radius 3 is 2.35 bits per heavy atom. The van der Waals surface area contributed by atoms with E-state index in [1.165, 1.54) is 43.2 Å². The summed E-state index contributed by atoms with van der Waals surface area (Å²) in [5, 5.41) is 3.44. The minimum Gasteiger partial charge on any atom is -0.317 e. The van der Waals surface area contributed by atoms with Crippen LogP contribution in [-0.4, -0.2) is 13.1 Å². The van der Waals surface area contributed by atoms with Crippen molar-refractivity contribution in [3.05, 3.63) is 35.4 Å². The molecule has 1 heteroatoms. The highest BCUT2D eigenvalue weighted by molar-refractivity contribution is 5.22. The van der Waals surface area contributed by atoms with Crippen molar-refractivity contribution in [1.82, 2.24) is 5.32 Å². The fraction of sp³-hybridized carbons (Fsp3) is 0.625. The maximum absolute atomic E-state index is 3.44. The van der Waals surface area contributed by atoms with Crippen molar-refractivity contribution in [3.8, 4) is 0 Å². The zero-order valence-electron chi connectivity index (χ0n) is 11.6. The van der Waals surface area contributed by atoms with E-state index in [1.807, 2.05) is 0 Å². The van der Waals surface area contributed by atoms with Crippen LogP contribution in [0.15, 0.2) is 24.3 Å². The Balaban J connectivity index is 2.33. The average molecular weight is 233 g/mol. The molecule has 0 bridgehead atoms. The molecule has 1 aromatic rings. The minimum absolute atomic E-state index is 0.634. The summed E-state index contributed by atoms with van der Waals surface area (Å²) in [5.41, 5.74) is 2.79. The fourth-order valence-electron chi connectivity index (χ4n) is 2.17. The first kappa shape index (κ1) is 14.2. The topological polar surface area (TPSA) is 12.0 Å². The van der Waals surface area contributed by atoms with Crippen molar-refractivity contribution >= 4 is 0 Å². The van der Waals surface area contributed by atoms with Crippen molar-refractivity contribution < 1.29 is 0 Å². The molecule has 1 aromatic carbocycles. The molecular weight excluding hydrogens is 206 g/mol. The zero-order chi connectivity index (χ0) is 12.5. The van der Waals surface area contributed by atoms with Crippen LogP contribution in [-0.2, 0) is 6.42 Å². The highest BCUT2D eigenvalue weighted by Crippen LogP contribution is 2.11. The summed E-state index contributed by atoms with van der Waals surface area (Å²) in [5.74, 6) is 0. The molecule has 1 N–H and O–H groups in total. The van der Waals surface area contributed by atoms with Gasteiger partial charge in [0.2, 0.25) is 0 Å². The molecule has 0 saturated carbocycles. The monoisotopic (exact) mass is 233 g/mol. The van der Waals surface area contributed by atoms with Gasteiger partial charge in [-0.25, -0.2) is 0 Å². The minimum atomic E-state index is 0.634. The third-order valence-electron chi connectivity index (χ3n) is 3.42. The molecule has 0 heterocycles. The number of aryl methyl sites for hydroxylation is 1. The van der Waals surface area contributed by atoms with Crippen LogP contribution in [0, 0.1) is 6.92 Å². The number of likely N-dealkylation sites (N-methyl/N-ethyl adjacent to an activating group) is 1. The van der Waals surface area contributed by atoms with Crippen LogP contribution in [0.4, 0.5) is 0 Å². The molecule has 17 heavy (non-hydrogen) atoms. The number of rotatable bonds is 8. The number of hydrogen-bond donors (Lipinski definition) is 1. The van der Waals surface area contributed by atoms with E-state index in [2.05, 4.69) is 50.5 Å². The van der Waals surface area contributed by atoms with Gasteiger partial charge in [-0.2, -0.15) is 0 Å².